The number of hydrogen-bond acceptors (Lipinski definition) is 1. The minimum Gasteiger partial charge on any atom is -0.126 e. The maximum atomic E-state index is 5.99. The zero-order valence-corrected chi connectivity index (χ0v) is 10.9. The number of halogens is 1. The van der Waals surface area contributed by atoms with Gasteiger partial charge in [0.25, 0.3) is 0 Å². The zero-order valence-electron chi connectivity index (χ0n) is 9.29. The van der Waals surface area contributed by atoms with Crippen molar-refractivity contribution in [3.8, 4) is 0 Å². The van der Waals surface area contributed by atoms with E-state index in [0.29, 0.717) is 5.92 Å². The minimum atomic E-state index is 0.254. The van der Waals surface area contributed by atoms with Gasteiger partial charge in [-0.05, 0) is 29.4 Å². The molecule has 0 fully saturated rings. The molecular formula is C13H17ClS. The van der Waals surface area contributed by atoms with Crippen LogP contribution in [-0.4, -0.2) is 11.6 Å². The fraction of sp³-hybridized carbons (Fsp3) is 0.538. The normalized spacial score (nSPS) is 20.3. The van der Waals surface area contributed by atoms with Crippen LogP contribution in [0.4, 0.5) is 0 Å². The van der Waals surface area contributed by atoms with E-state index in [9.17, 15) is 0 Å². The van der Waals surface area contributed by atoms with E-state index in [1.54, 1.807) is 0 Å². The summed E-state index contributed by atoms with van der Waals surface area (Å²) in [5, 5.41) is 0. The van der Waals surface area contributed by atoms with Crippen LogP contribution < -0.4 is 0 Å². The number of fused-ring (bicyclic) bond motifs is 1. The third-order valence-corrected chi connectivity index (χ3v) is 4.93. The lowest BCUT2D eigenvalue weighted by Crippen LogP contribution is -2.17. The van der Waals surface area contributed by atoms with E-state index in [-0.39, 0.29) is 5.41 Å². The van der Waals surface area contributed by atoms with E-state index in [4.69, 9.17) is 11.6 Å². The molecule has 0 aromatic heterocycles. The molecule has 0 spiro atoms. The summed E-state index contributed by atoms with van der Waals surface area (Å²) in [5.74, 6) is 2.66. The van der Waals surface area contributed by atoms with Gasteiger partial charge in [0.2, 0.25) is 0 Å². The number of hydrogen-bond donors (Lipinski definition) is 0. The lowest BCUT2D eigenvalue weighted by molar-refractivity contribution is 0.357. The average Bonchev–Trinajstić information content (AvgIpc) is 2.62. The van der Waals surface area contributed by atoms with Crippen molar-refractivity contribution in [3.05, 3.63) is 29.8 Å². The molecule has 1 aliphatic rings. The molecule has 2 heteroatoms. The molecule has 0 N–H and O–H groups in total. The van der Waals surface area contributed by atoms with Crippen LogP contribution in [0, 0.1) is 5.41 Å². The van der Waals surface area contributed by atoms with Crippen molar-refractivity contribution in [1.29, 1.82) is 0 Å². The van der Waals surface area contributed by atoms with Gasteiger partial charge in [-0.1, -0.05) is 32.0 Å². The molecule has 0 aliphatic carbocycles. The molecule has 0 saturated carbocycles. The fourth-order valence-electron chi connectivity index (χ4n) is 2.12. The molecule has 15 heavy (non-hydrogen) atoms. The number of alkyl halides is 1. The smallest absolute Gasteiger partial charge is 0.0274 e. The van der Waals surface area contributed by atoms with Crippen LogP contribution in [0.1, 0.15) is 31.7 Å². The second kappa shape index (κ2) is 4.39. The van der Waals surface area contributed by atoms with Gasteiger partial charge in [-0.2, -0.15) is 0 Å². The van der Waals surface area contributed by atoms with E-state index in [1.165, 1.54) is 22.6 Å². The van der Waals surface area contributed by atoms with Gasteiger partial charge >= 0.3 is 0 Å². The molecular weight excluding hydrogens is 224 g/mol. The number of benzene rings is 1. The predicted molar refractivity (Wildman–Crippen MR) is 69.0 cm³/mol. The predicted octanol–water partition coefficient (Wildman–Crippen LogP) is 4.53. The molecule has 1 aromatic carbocycles. The first kappa shape index (κ1) is 11.3. The SMILES string of the molecule is CC(C)(CCl)CC1CSc2ccccc21. The Morgan fingerprint density at radius 2 is 2.13 bits per heavy atom. The first-order valence-electron chi connectivity index (χ1n) is 5.40. The molecule has 0 bridgehead atoms. The van der Waals surface area contributed by atoms with Gasteiger partial charge in [0.1, 0.15) is 0 Å². The van der Waals surface area contributed by atoms with Crippen LogP contribution in [0.15, 0.2) is 29.2 Å². The van der Waals surface area contributed by atoms with Gasteiger partial charge in [0.15, 0.2) is 0 Å². The molecule has 1 aromatic rings. The summed E-state index contributed by atoms with van der Waals surface area (Å²) in [6.45, 7) is 4.51. The van der Waals surface area contributed by atoms with Crippen LogP contribution in [0.25, 0.3) is 0 Å². The Morgan fingerprint density at radius 3 is 2.87 bits per heavy atom. The van der Waals surface area contributed by atoms with E-state index in [2.05, 4.69) is 38.1 Å². The van der Waals surface area contributed by atoms with Crippen LogP contribution in [-0.2, 0) is 0 Å². The maximum absolute atomic E-state index is 5.99. The number of thioether (sulfide) groups is 1. The van der Waals surface area contributed by atoms with Gasteiger partial charge in [-0.25, -0.2) is 0 Å². The molecule has 0 saturated heterocycles. The van der Waals surface area contributed by atoms with Crippen LogP contribution in [0.2, 0.25) is 0 Å². The van der Waals surface area contributed by atoms with Crippen molar-refractivity contribution in [2.24, 2.45) is 5.41 Å². The second-order valence-electron chi connectivity index (χ2n) is 5.05. The van der Waals surface area contributed by atoms with Gasteiger partial charge in [0, 0.05) is 16.5 Å². The largest absolute Gasteiger partial charge is 0.126 e. The Morgan fingerprint density at radius 1 is 1.40 bits per heavy atom. The Hall–Kier alpha value is -0.140. The van der Waals surface area contributed by atoms with E-state index < -0.39 is 0 Å². The summed E-state index contributed by atoms with van der Waals surface area (Å²) >= 11 is 7.98. The first-order valence-corrected chi connectivity index (χ1v) is 6.92. The van der Waals surface area contributed by atoms with Gasteiger partial charge in [-0.15, -0.1) is 23.4 Å². The summed E-state index contributed by atoms with van der Waals surface area (Å²) in [4.78, 5) is 1.47. The Bertz CT molecular complexity index is 346. The van der Waals surface area contributed by atoms with Crippen molar-refractivity contribution in [1.82, 2.24) is 0 Å². The third kappa shape index (κ3) is 2.51. The lowest BCUT2D eigenvalue weighted by Gasteiger charge is -2.25. The minimum absolute atomic E-state index is 0.254. The fourth-order valence-corrected chi connectivity index (χ4v) is 3.48. The summed E-state index contributed by atoms with van der Waals surface area (Å²) in [5.41, 5.74) is 1.78. The molecule has 1 heterocycles. The highest BCUT2D eigenvalue weighted by Crippen LogP contribution is 2.44. The summed E-state index contributed by atoms with van der Waals surface area (Å²) < 4.78 is 0. The monoisotopic (exact) mass is 240 g/mol. The molecule has 1 unspecified atom stereocenters. The van der Waals surface area contributed by atoms with Crippen LogP contribution in [0.5, 0.6) is 0 Å². The number of rotatable bonds is 3. The van der Waals surface area contributed by atoms with Gasteiger partial charge in [0.05, 0.1) is 0 Å². The maximum Gasteiger partial charge on any atom is 0.0274 e. The highest BCUT2D eigenvalue weighted by Gasteiger charge is 2.28. The first-order chi connectivity index (χ1) is 7.12. The van der Waals surface area contributed by atoms with Gasteiger partial charge in [-0.3, -0.25) is 0 Å². The van der Waals surface area contributed by atoms with Crippen molar-refractivity contribution in [2.75, 3.05) is 11.6 Å². The Balaban J connectivity index is 2.14. The molecule has 82 valence electrons. The Kier molecular flexibility index (Phi) is 3.32. The highest BCUT2D eigenvalue weighted by molar-refractivity contribution is 7.99. The molecule has 0 radical (unpaired) electrons. The Labute approximate surface area is 101 Å². The lowest BCUT2D eigenvalue weighted by atomic mass is 9.82. The molecule has 0 nitrogen and oxygen atoms in total. The molecule has 0 amide bonds. The van der Waals surface area contributed by atoms with E-state index >= 15 is 0 Å². The molecule has 2 rings (SSSR count). The third-order valence-electron chi connectivity index (χ3n) is 2.96. The highest BCUT2D eigenvalue weighted by atomic mass is 35.5. The topological polar surface area (TPSA) is 0 Å². The average molecular weight is 241 g/mol. The van der Waals surface area contributed by atoms with Crippen molar-refractivity contribution < 1.29 is 0 Å². The summed E-state index contributed by atoms with van der Waals surface area (Å²) in [6, 6.07) is 8.77. The summed E-state index contributed by atoms with van der Waals surface area (Å²) in [6.07, 6.45) is 1.19. The molecule has 1 aliphatic heterocycles. The zero-order chi connectivity index (χ0) is 10.9. The standard InChI is InChI=1S/C13H17ClS/c1-13(2,9-14)7-10-8-15-12-6-4-3-5-11(10)12/h3-6,10H,7-9H2,1-2H3. The van der Waals surface area contributed by atoms with Crippen molar-refractivity contribution in [2.45, 2.75) is 31.1 Å². The van der Waals surface area contributed by atoms with Crippen molar-refractivity contribution >= 4 is 23.4 Å². The van der Waals surface area contributed by atoms with Crippen LogP contribution >= 0.6 is 23.4 Å². The molecule has 1 atom stereocenters. The van der Waals surface area contributed by atoms with Crippen LogP contribution in [0.3, 0.4) is 0 Å². The second-order valence-corrected chi connectivity index (χ2v) is 6.38. The quantitative estimate of drug-likeness (QED) is 0.700. The van der Waals surface area contributed by atoms with Gasteiger partial charge < -0.3 is 0 Å². The van der Waals surface area contributed by atoms with E-state index in [1.807, 2.05) is 11.8 Å². The van der Waals surface area contributed by atoms with Crippen molar-refractivity contribution in [3.63, 3.8) is 0 Å². The summed E-state index contributed by atoms with van der Waals surface area (Å²) in [7, 11) is 0. The van der Waals surface area contributed by atoms with E-state index in [0.717, 1.165) is 5.88 Å².